The average Bonchev–Trinajstić information content (AvgIpc) is 2.38. The molecule has 1 nitrogen and oxygen atoms in total. The Morgan fingerprint density at radius 2 is 1.61 bits per heavy atom. The summed E-state index contributed by atoms with van der Waals surface area (Å²) in [7, 11) is 0. The fourth-order valence-corrected chi connectivity index (χ4v) is 2.22. The molecule has 1 unspecified atom stereocenters. The molecule has 0 rings (SSSR count). The Kier molecular flexibility index (Phi) is 12.4. The summed E-state index contributed by atoms with van der Waals surface area (Å²) >= 11 is 0. The second-order valence-corrected chi connectivity index (χ2v) is 5.26. The molecular formula is C17H32O. The Balaban J connectivity index is 3.71. The number of rotatable bonds is 12. The normalized spacial score (nSPS) is 13.1. The van der Waals surface area contributed by atoms with Crippen LogP contribution in [0.25, 0.3) is 0 Å². The number of hydrogen-bond acceptors (Lipinski definition) is 1. The maximum atomic E-state index is 11.9. The number of carbonyl (C=O) groups is 1. The molecule has 106 valence electrons. The Morgan fingerprint density at radius 1 is 0.944 bits per heavy atom. The van der Waals surface area contributed by atoms with Gasteiger partial charge in [0.1, 0.15) is 0 Å². The molecular weight excluding hydrogens is 220 g/mol. The molecule has 0 aliphatic rings. The zero-order valence-corrected chi connectivity index (χ0v) is 12.7. The summed E-state index contributed by atoms with van der Waals surface area (Å²) in [6.07, 6.45) is 15.9. The topological polar surface area (TPSA) is 17.1 Å². The van der Waals surface area contributed by atoms with Crippen LogP contribution < -0.4 is 0 Å². The molecule has 1 heteroatoms. The molecule has 1 atom stereocenters. The van der Waals surface area contributed by atoms with Crippen LogP contribution in [0, 0.1) is 5.92 Å². The lowest BCUT2D eigenvalue weighted by molar-refractivity contribution is -0.118. The van der Waals surface area contributed by atoms with Gasteiger partial charge in [-0.2, -0.15) is 0 Å². The van der Waals surface area contributed by atoms with E-state index in [1.165, 1.54) is 38.5 Å². The first kappa shape index (κ1) is 17.4. The van der Waals surface area contributed by atoms with Crippen LogP contribution in [0.1, 0.15) is 85.0 Å². The van der Waals surface area contributed by atoms with Crippen molar-refractivity contribution in [1.29, 1.82) is 0 Å². The van der Waals surface area contributed by atoms with Crippen molar-refractivity contribution in [2.75, 3.05) is 0 Å². The number of unbranched alkanes of at least 4 members (excludes halogenated alkanes) is 6. The Labute approximate surface area is 114 Å². The van der Waals surface area contributed by atoms with Crippen LogP contribution in [-0.4, -0.2) is 5.78 Å². The summed E-state index contributed by atoms with van der Waals surface area (Å²) in [5, 5.41) is 0. The van der Waals surface area contributed by atoms with E-state index in [4.69, 9.17) is 0 Å². The second kappa shape index (κ2) is 12.9. The molecule has 0 aliphatic carbocycles. The molecule has 0 spiro atoms. The third kappa shape index (κ3) is 9.44. The quantitative estimate of drug-likeness (QED) is 0.322. The molecule has 0 amide bonds. The number of carbonyl (C=O) groups excluding carboxylic acids is 1. The van der Waals surface area contributed by atoms with E-state index in [9.17, 15) is 4.79 Å². The lowest BCUT2D eigenvalue weighted by Gasteiger charge is -2.11. The first-order valence-electron chi connectivity index (χ1n) is 7.96. The molecule has 0 N–H and O–H groups in total. The summed E-state index contributed by atoms with van der Waals surface area (Å²) < 4.78 is 0. The smallest absolute Gasteiger partial charge is 0.158 e. The van der Waals surface area contributed by atoms with E-state index >= 15 is 0 Å². The summed E-state index contributed by atoms with van der Waals surface area (Å²) in [6.45, 7) is 6.52. The zero-order valence-electron chi connectivity index (χ0n) is 12.7. The van der Waals surface area contributed by atoms with E-state index in [0.717, 1.165) is 25.7 Å². The number of hydrogen-bond donors (Lipinski definition) is 0. The lowest BCUT2D eigenvalue weighted by Crippen LogP contribution is -2.10. The fourth-order valence-electron chi connectivity index (χ4n) is 2.22. The van der Waals surface area contributed by atoms with Crippen LogP contribution in [0.15, 0.2) is 12.2 Å². The third-order valence-electron chi connectivity index (χ3n) is 3.54. The molecule has 0 saturated carbocycles. The van der Waals surface area contributed by atoms with Crippen LogP contribution >= 0.6 is 0 Å². The van der Waals surface area contributed by atoms with Crippen LogP contribution in [0.4, 0.5) is 0 Å². The van der Waals surface area contributed by atoms with Crippen molar-refractivity contribution in [1.82, 2.24) is 0 Å². The van der Waals surface area contributed by atoms with Crippen molar-refractivity contribution < 1.29 is 4.79 Å². The summed E-state index contributed by atoms with van der Waals surface area (Å²) in [5.74, 6) is 0.615. The Bertz CT molecular complexity index is 218. The average molecular weight is 252 g/mol. The van der Waals surface area contributed by atoms with Crippen molar-refractivity contribution in [3.8, 4) is 0 Å². The van der Waals surface area contributed by atoms with Gasteiger partial charge >= 0.3 is 0 Å². The first-order chi connectivity index (χ1) is 8.76. The van der Waals surface area contributed by atoms with Gasteiger partial charge in [0.05, 0.1) is 0 Å². The van der Waals surface area contributed by atoms with Gasteiger partial charge in [-0.1, -0.05) is 71.8 Å². The molecule has 18 heavy (non-hydrogen) atoms. The lowest BCUT2D eigenvalue weighted by atomic mass is 9.93. The highest BCUT2D eigenvalue weighted by Gasteiger charge is 2.12. The Morgan fingerprint density at radius 3 is 2.22 bits per heavy atom. The van der Waals surface area contributed by atoms with Gasteiger partial charge in [-0.25, -0.2) is 0 Å². The minimum Gasteiger partial charge on any atom is -0.295 e. The predicted molar refractivity (Wildman–Crippen MR) is 80.8 cm³/mol. The van der Waals surface area contributed by atoms with Crippen LogP contribution in [0.2, 0.25) is 0 Å². The standard InChI is InChI=1S/C17H32O/c1-4-7-9-10-11-13-14-16(6-3)17(18)15-12-8-5-2/h12,15-16H,4-11,13-14H2,1-3H3/b15-12+. The SMILES string of the molecule is CCC/C=C/C(=O)C(CC)CCCCCCCC. The highest BCUT2D eigenvalue weighted by Crippen LogP contribution is 2.16. The van der Waals surface area contributed by atoms with Crippen molar-refractivity contribution in [3.63, 3.8) is 0 Å². The maximum absolute atomic E-state index is 11.9. The maximum Gasteiger partial charge on any atom is 0.158 e. The van der Waals surface area contributed by atoms with Gasteiger partial charge in [-0.3, -0.25) is 4.79 Å². The first-order valence-corrected chi connectivity index (χ1v) is 7.96. The van der Waals surface area contributed by atoms with Gasteiger partial charge in [-0.05, 0) is 25.3 Å². The molecule has 0 saturated heterocycles. The van der Waals surface area contributed by atoms with Gasteiger partial charge in [0.15, 0.2) is 5.78 Å². The summed E-state index contributed by atoms with van der Waals surface area (Å²) in [4.78, 5) is 11.9. The van der Waals surface area contributed by atoms with Crippen LogP contribution in [0.3, 0.4) is 0 Å². The molecule has 0 aromatic heterocycles. The summed E-state index contributed by atoms with van der Waals surface area (Å²) in [5.41, 5.74) is 0. The van der Waals surface area contributed by atoms with E-state index in [0.29, 0.717) is 5.78 Å². The highest BCUT2D eigenvalue weighted by atomic mass is 16.1. The Hall–Kier alpha value is -0.590. The summed E-state index contributed by atoms with van der Waals surface area (Å²) in [6, 6.07) is 0. The van der Waals surface area contributed by atoms with Crippen molar-refractivity contribution in [2.24, 2.45) is 5.92 Å². The van der Waals surface area contributed by atoms with E-state index < -0.39 is 0 Å². The van der Waals surface area contributed by atoms with E-state index in [1.54, 1.807) is 0 Å². The van der Waals surface area contributed by atoms with Gasteiger partial charge in [0, 0.05) is 5.92 Å². The monoisotopic (exact) mass is 252 g/mol. The molecule has 0 fully saturated rings. The van der Waals surface area contributed by atoms with Crippen LogP contribution in [-0.2, 0) is 4.79 Å². The second-order valence-electron chi connectivity index (χ2n) is 5.26. The van der Waals surface area contributed by atoms with Gasteiger partial charge in [0.25, 0.3) is 0 Å². The fraction of sp³-hybridized carbons (Fsp3) is 0.824. The molecule has 0 aromatic carbocycles. The molecule has 0 radical (unpaired) electrons. The van der Waals surface area contributed by atoms with Gasteiger partial charge in [0.2, 0.25) is 0 Å². The van der Waals surface area contributed by atoms with Crippen LogP contribution in [0.5, 0.6) is 0 Å². The van der Waals surface area contributed by atoms with E-state index in [-0.39, 0.29) is 5.92 Å². The van der Waals surface area contributed by atoms with Gasteiger partial charge < -0.3 is 0 Å². The highest BCUT2D eigenvalue weighted by molar-refractivity contribution is 5.91. The molecule has 0 aliphatic heterocycles. The predicted octanol–water partition coefficient (Wildman–Crippen LogP) is 5.69. The third-order valence-corrected chi connectivity index (χ3v) is 3.54. The van der Waals surface area contributed by atoms with Crippen molar-refractivity contribution in [3.05, 3.63) is 12.2 Å². The number of ketones is 1. The molecule has 0 heterocycles. The van der Waals surface area contributed by atoms with E-state index in [2.05, 4.69) is 20.8 Å². The molecule has 0 aromatic rings. The minimum absolute atomic E-state index is 0.268. The number of allylic oxidation sites excluding steroid dienone is 2. The zero-order chi connectivity index (χ0) is 13.6. The van der Waals surface area contributed by atoms with Gasteiger partial charge in [-0.15, -0.1) is 0 Å². The van der Waals surface area contributed by atoms with E-state index in [1.807, 2.05) is 12.2 Å². The minimum atomic E-state index is 0.268. The largest absolute Gasteiger partial charge is 0.295 e. The van der Waals surface area contributed by atoms with Crippen molar-refractivity contribution >= 4 is 5.78 Å². The van der Waals surface area contributed by atoms with Crippen molar-refractivity contribution in [2.45, 2.75) is 85.0 Å². The molecule has 0 bridgehead atoms.